The van der Waals surface area contributed by atoms with Gasteiger partial charge in [0.1, 0.15) is 11.5 Å². The first-order valence-corrected chi connectivity index (χ1v) is 5.80. The molecule has 1 aliphatic rings. The minimum absolute atomic E-state index is 0.172. The third kappa shape index (κ3) is 1.85. The number of rotatable bonds is 2. The quantitative estimate of drug-likeness (QED) is 0.837. The Kier molecular flexibility index (Phi) is 3.00. The van der Waals surface area contributed by atoms with Crippen LogP contribution in [-0.4, -0.2) is 12.2 Å². The molecular weight excluding hydrogens is 226 g/mol. The molecule has 16 heavy (non-hydrogen) atoms. The fourth-order valence-electron chi connectivity index (χ4n) is 2.37. The normalized spacial score (nSPS) is 18.7. The number of halogens is 1. The van der Waals surface area contributed by atoms with E-state index in [1.807, 2.05) is 0 Å². The summed E-state index contributed by atoms with van der Waals surface area (Å²) in [6.45, 7) is 0. The summed E-state index contributed by atoms with van der Waals surface area (Å²) in [7, 11) is 1.52. The Morgan fingerprint density at radius 3 is 2.56 bits per heavy atom. The van der Waals surface area contributed by atoms with E-state index >= 15 is 0 Å². The van der Waals surface area contributed by atoms with E-state index in [9.17, 15) is 5.11 Å². The summed E-state index contributed by atoms with van der Waals surface area (Å²) in [4.78, 5) is 0. The summed E-state index contributed by atoms with van der Waals surface area (Å²) >= 11 is 6.05. The van der Waals surface area contributed by atoms with Crippen LogP contribution in [0.15, 0.2) is 12.1 Å². The highest BCUT2D eigenvalue weighted by atomic mass is 35.5. The van der Waals surface area contributed by atoms with Crippen molar-refractivity contribution in [1.29, 1.82) is 0 Å². The van der Waals surface area contributed by atoms with Crippen LogP contribution >= 0.6 is 11.6 Å². The summed E-state index contributed by atoms with van der Waals surface area (Å²) in [5.41, 5.74) is 6.58. The summed E-state index contributed by atoms with van der Waals surface area (Å²) in [5, 5.41) is 10.4. The second-order valence-corrected chi connectivity index (χ2v) is 4.77. The van der Waals surface area contributed by atoms with Crippen molar-refractivity contribution >= 4 is 11.6 Å². The number of phenols is 1. The van der Waals surface area contributed by atoms with Gasteiger partial charge in [-0.1, -0.05) is 24.4 Å². The highest BCUT2D eigenvalue weighted by Crippen LogP contribution is 2.43. The van der Waals surface area contributed by atoms with Gasteiger partial charge in [-0.3, -0.25) is 0 Å². The van der Waals surface area contributed by atoms with Crippen LogP contribution in [0.4, 0.5) is 0 Å². The van der Waals surface area contributed by atoms with Crippen LogP contribution in [0.2, 0.25) is 5.02 Å². The van der Waals surface area contributed by atoms with Crippen molar-refractivity contribution in [3.8, 4) is 11.5 Å². The molecule has 1 aliphatic carbocycles. The Bertz CT molecular complexity index is 400. The van der Waals surface area contributed by atoms with Gasteiger partial charge >= 0.3 is 0 Å². The van der Waals surface area contributed by atoms with E-state index in [-0.39, 0.29) is 5.75 Å². The molecular formula is C12H16ClNO2. The molecule has 0 atom stereocenters. The van der Waals surface area contributed by atoms with E-state index in [0.29, 0.717) is 10.8 Å². The fourth-order valence-corrected chi connectivity index (χ4v) is 2.61. The van der Waals surface area contributed by atoms with Gasteiger partial charge in [-0.2, -0.15) is 0 Å². The maximum atomic E-state index is 9.95. The number of hydrogen-bond acceptors (Lipinski definition) is 3. The van der Waals surface area contributed by atoms with Gasteiger partial charge in [-0.25, -0.2) is 0 Å². The first kappa shape index (κ1) is 11.6. The lowest BCUT2D eigenvalue weighted by Gasteiger charge is -2.25. The molecule has 0 aliphatic heterocycles. The smallest absolute Gasteiger partial charge is 0.141 e. The van der Waals surface area contributed by atoms with Crippen LogP contribution in [0.3, 0.4) is 0 Å². The van der Waals surface area contributed by atoms with Crippen molar-refractivity contribution < 1.29 is 9.84 Å². The molecule has 0 saturated heterocycles. The number of benzene rings is 1. The first-order valence-electron chi connectivity index (χ1n) is 5.43. The zero-order valence-corrected chi connectivity index (χ0v) is 10.0. The van der Waals surface area contributed by atoms with E-state index in [0.717, 1.165) is 31.2 Å². The highest BCUT2D eigenvalue weighted by molar-refractivity contribution is 6.32. The predicted molar refractivity (Wildman–Crippen MR) is 64.0 cm³/mol. The van der Waals surface area contributed by atoms with Crippen molar-refractivity contribution in [3.63, 3.8) is 0 Å². The van der Waals surface area contributed by atoms with Crippen LogP contribution in [0.1, 0.15) is 31.2 Å². The molecule has 0 radical (unpaired) electrons. The molecule has 0 amide bonds. The molecule has 0 unspecified atom stereocenters. The SMILES string of the molecule is COc1cc(O)c(C2(N)CCCC2)cc1Cl. The summed E-state index contributed by atoms with van der Waals surface area (Å²) in [5.74, 6) is 0.648. The first-order chi connectivity index (χ1) is 7.57. The lowest BCUT2D eigenvalue weighted by atomic mass is 9.88. The lowest BCUT2D eigenvalue weighted by molar-refractivity contribution is 0.391. The molecule has 1 saturated carbocycles. The Labute approximate surface area is 100 Å². The van der Waals surface area contributed by atoms with Gasteiger partial charge < -0.3 is 15.6 Å². The van der Waals surface area contributed by atoms with E-state index in [1.54, 1.807) is 6.07 Å². The minimum atomic E-state index is -0.431. The molecule has 0 heterocycles. The van der Waals surface area contributed by atoms with Crippen LogP contribution in [0, 0.1) is 0 Å². The summed E-state index contributed by atoms with van der Waals surface area (Å²) < 4.78 is 5.04. The molecule has 2 rings (SSSR count). The highest BCUT2D eigenvalue weighted by Gasteiger charge is 2.34. The second-order valence-electron chi connectivity index (χ2n) is 4.37. The molecule has 0 spiro atoms. The molecule has 1 aromatic rings. The van der Waals surface area contributed by atoms with Crippen LogP contribution in [0.5, 0.6) is 11.5 Å². The van der Waals surface area contributed by atoms with Gasteiger partial charge in [-0.15, -0.1) is 0 Å². The Balaban J connectivity index is 2.45. The van der Waals surface area contributed by atoms with Crippen LogP contribution in [0.25, 0.3) is 0 Å². The molecule has 88 valence electrons. The van der Waals surface area contributed by atoms with Crippen molar-refractivity contribution in [1.82, 2.24) is 0 Å². The van der Waals surface area contributed by atoms with Gasteiger partial charge in [0.25, 0.3) is 0 Å². The maximum absolute atomic E-state index is 9.95. The van der Waals surface area contributed by atoms with Gasteiger partial charge in [0.2, 0.25) is 0 Å². The van der Waals surface area contributed by atoms with Gasteiger partial charge in [0.15, 0.2) is 0 Å². The molecule has 4 heteroatoms. The Morgan fingerprint density at radius 1 is 1.38 bits per heavy atom. The molecule has 3 N–H and O–H groups in total. The zero-order chi connectivity index (χ0) is 11.8. The van der Waals surface area contributed by atoms with Crippen molar-refractivity contribution in [2.75, 3.05) is 7.11 Å². The van der Waals surface area contributed by atoms with Gasteiger partial charge in [-0.05, 0) is 18.9 Å². The summed E-state index contributed by atoms with van der Waals surface area (Å²) in [6, 6.07) is 3.26. The average molecular weight is 242 g/mol. The number of hydrogen-bond donors (Lipinski definition) is 2. The monoisotopic (exact) mass is 241 g/mol. The fraction of sp³-hybridized carbons (Fsp3) is 0.500. The Hall–Kier alpha value is -0.930. The predicted octanol–water partition coefficient (Wildman–Crippen LogP) is 2.78. The number of phenolic OH excluding ortho intramolecular Hbond substituents is 1. The number of ether oxygens (including phenoxy) is 1. The molecule has 1 aromatic carbocycles. The van der Waals surface area contributed by atoms with E-state index in [4.69, 9.17) is 22.1 Å². The standard InChI is InChI=1S/C12H16ClNO2/c1-16-11-7-10(15)8(6-9(11)13)12(14)4-2-3-5-12/h6-7,15H,2-5,14H2,1H3. The third-order valence-electron chi connectivity index (χ3n) is 3.30. The second kappa shape index (κ2) is 4.15. The third-order valence-corrected chi connectivity index (χ3v) is 3.60. The number of nitrogens with two attached hydrogens (primary N) is 1. The molecule has 0 bridgehead atoms. The topological polar surface area (TPSA) is 55.5 Å². The van der Waals surface area contributed by atoms with Crippen molar-refractivity contribution in [2.45, 2.75) is 31.2 Å². The van der Waals surface area contributed by atoms with E-state index < -0.39 is 5.54 Å². The van der Waals surface area contributed by atoms with Gasteiger partial charge in [0, 0.05) is 17.2 Å². The van der Waals surface area contributed by atoms with E-state index in [2.05, 4.69) is 0 Å². The Morgan fingerprint density at radius 2 is 2.00 bits per heavy atom. The molecule has 0 aromatic heterocycles. The minimum Gasteiger partial charge on any atom is -0.507 e. The van der Waals surface area contributed by atoms with Crippen LogP contribution in [-0.2, 0) is 5.54 Å². The lowest BCUT2D eigenvalue weighted by Crippen LogP contribution is -2.33. The number of methoxy groups -OCH3 is 1. The molecule has 3 nitrogen and oxygen atoms in total. The largest absolute Gasteiger partial charge is 0.507 e. The van der Waals surface area contributed by atoms with Crippen molar-refractivity contribution in [3.05, 3.63) is 22.7 Å². The van der Waals surface area contributed by atoms with Crippen molar-refractivity contribution in [2.24, 2.45) is 5.73 Å². The molecule has 1 fully saturated rings. The average Bonchev–Trinajstić information content (AvgIpc) is 2.69. The van der Waals surface area contributed by atoms with E-state index in [1.165, 1.54) is 13.2 Å². The zero-order valence-electron chi connectivity index (χ0n) is 9.29. The summed E-state index contributed by atoms with van der Waals surface area (Å²) in [6.07, 6.45) is 3.98. The van der Waals surface area contributed by atoms with Crippen LogP contribution < -0.4 is 10.5 Å². The maximum Gasteiger partial charge on any atom is 0.141 e. The number of aromatic hydroxyl groups is 1. The van der Waals surface area contributed by atoms with Gasteiger partial charge in [0.05, 0.1) is 12.1 Å².